The summed E-state index contributed by atoms with van der Waals surface area (Å²) >= 11 is 3.55. The molecule has 144 valence electrons. The number of benzene rings is 1. The molecule has 0 atom stereocenters. The summed E-state index contributed by atoms with van der Waals surface area (Å²) in [6.45, 7) is 4.24. The predicted molar refractivity (Wildman–Crippen MR) is 110 cm³/mol. The van der Waals surface area contributed by atoms with Crippen LogP contribution in [0.25, 0.3) is 0 Å². The Bertz CT molecular complexity index is 773. The minimum atomic E-state index is -0.966. The van der Waals surface area contributed by atoms with Crippen LogP contribution in [0, 0.1) is 5.92 Å². The number of carboxylic acid groups (broad SMARTS) is 1. The van der Waals surface area contributed by atoms with Gasteiger partial charge in [-0.3, -0.25) is 0 Å². The normalized spacial score (nSPS) is 14.3. The molecule has 0 radical (unpaired) electrons. The zero-order valence-electron chi connectivity index (χ0n) is 15.5. The first-order valence-corrected chi connectivity index (χ1v) is 10.2. The van der Waals surface area contributed by atoms with Crippen LogP contribution in [0.15, 0.2) is 41.0 Å². The molecular formula is C21H25BrN2O3. The van der Waals surface area contributed by atoms with E-state index in [4.69, 9.17) is 9.84 Å². The molecule has 0 amide bonds. The van der Waals surface area contributed by atoms with Crippen LogP contribution >= 0.6 is 15.9 Å². The number of aromatic carboxylic acids is 1. The van der Waals surface area contributed by atoms with Gasteiger partial charge in [-0.1, -0.05) is 28.8 Å². The molecule has 27 heavy (non-hydrogen) atoms. The number of anilines is 1. The smallest absolute Gasteiger partial charge is 0.337 e. The van der Waals surface area contributed by atoms with Crippen molar-refractivity contribution in [2.24, 2.45) is 5.92 Å². The van der Waals surface area contributed by atoms with E-state index in [1.807, 2.05) is 12.1 Å². The van der Waals surface area contributed by atoms with E-state index in [9.17, 15) is 4.79 Å². The summed E-state index contributed by atoms with van der Waals surface area (Å²) in [5, 5.41) is 9.05. The van der Waals surface area contributed by atoms with Crippen LogP contribution < -0.4 is 9.64 Å². The van der Waals surface area contributed by atoms with Gasteiger partial charge < -0.3 is 14.7 Å². The number of carboxylic acids is 1. The molecule has 0 saturated heterocycles. The van der Waals surface area contributed by atoms with Crippen molar-refractivity contribution in [2.45, 2.75) is 39.2 Å². The number of halogens is 1. The summed E-state index contributed by atoms with van der Waals surface area (Å²) in [5.74, 6) is 1.36. The van der Waals surface area contributed by atoms with Gasteiger partial charge in [0.05, 0.1) is 12.2 Å². The van der Waals surface area contributed by atoms with Gasteiger partial charge in [0.25, 0.3) is 0 Å². The van der Waals surface area contributed by atoms with Crippen molar-refractivity contribution in [1.29, 1.82) is 0 Å². The van der Waals surface area contributed by atoms with Crippen molar-refractivity contribution in [1.82, 2.24) is 4.98 Å². The van der Waals surface area contributed by atoms with E-state index in [2.05, 4.69) is 38.8 Å². The van der Waals surface area contributed by atoms with Crippen molar-refractivity contribution in [3.63, 3.8) is 0 Å². The first kappa shape index (κ1) is 19.7. The zero-order chi connectivity index (χ0) is 19.2. The number of hydrogen-bond donors (Lipinski definition) is 1. The molecule has 1 aromatic heterocycles. The molecular weight excluding hydrogens is 408 g/mol. The molecule has 2 aromatic rings. The van der Waals surface area contributed by atoms with E-state index < -0.39 is 5.97 Å². The highest BCUT2D eigenvalue weighted by Gasteiger charge is 2.17. The number of pyridine rings is 1. The molecule has 0 spiro atoms. The standard InChI is InChI=1S/C21H25BrN2O3/c1-2-24(20-10-7-16(12-23-20)21(25)26)13-17-11-18(22)8-9-19(17)27-14-15-5-3-4-6-15/h7-12,15H,2-6,13-14H2,1H3,(H,25,26). The van der Waals surface area contributed by atoms with Crippen LogP contribution in [0.2, 0.25) is 0 Å². The summed E-state index contributed by atoms with van der Waals surface area (Å²) < 4.78 is 7.17. The molecule has 1 N–H and O–H groups in total. The molecule has 0 unspecified atom stereocenters. The summed E-state index contributed by atoms with van der Waals surface area (Å²) in [6.07, 6.45) is 6.53. The van der Waals surface area contributed by atoms with Gasteiger partial charge in [0.15, 0.2) is 0 Å². The minimum Gasteiger partial charge on any atom is -0.493 e. The highest BCUT2D eigenvalue weighted by atomic mass is 79.9. The fourth-order valence-corrected chi connectivity index (χ4v) is 3.87. The van der Waals surface area contributed by atoms with Gasteiger partial charge in [-0.15, -0.1) is 0 Å². The molecule has 6 heteroatoms. The van der Waals surface area contributed by atoms with Gasteiger partial charge in [0.2, 0.25) is 0 Å². The highest BCUT2D eigenvalue weighted by Crippen LogP contribution is 2.29. The quantitative estimate of drug-likeness (QED) is 0.625. The van der Waals surface area contributed by atoms with E-state index in [1.54, 1.807) is 12.1 Å². The lowest BCUT2D eigenvalue weighted by atomic mass is 10.1. The van der Waals surface area contributed by atoms with Crippen molar-refractivity contribution in [2.75, 3.05) is 18.1 Å². The Morgan fingerprint density at radius 1 is 1.30 bits per heavy atom. The fraction of sp³-hybridized carbons (Fsp3) is 0.429. The van der Waals surface area contributed by atoms with Gasteiger partial charge in [0.1, 0.15) is 11.6 Å². The van der Waals surface area contributed by atoms with Crippen LogP contribution in [-0.4, -0.2) is 29.2 Å². The summed E-state index contributed by atoms with van der Waals surface area (Å²) in [4.78, 5) is 17.5. The van der Waals surface area contributed by atoms with Crippen molar-refractivity contribution in [3.8, 4) is 5.75 Å². The Kier molecular flexibility index (Phi) is 6.72. The molecule has 5 nitrogen and oxygen atoms in total. The van der Waals surface area contributed by atoms with Gasteiger partial charge >= 0.3 is 5.97 Å². The monoisotopic (exact) mass is 432 g/mol. The summed E-state index contributed by atoms with van der Waals surface area (Å²) in [5.41, 5.74) is 1.28. The van der Waals surface area contributed by atoms with Gasteiger partial charge in [-0.05, 0) is 56.0 Å². The Balaban J connectivity index is 1.75. The zero-order valence-corrected chi connectivity index (χ0v) is 17.1. The molecule has 0 bridgehead atoms. The third-order valence-corrected chi connectivity index (χ3v) is 5.53. The van der Waals surface area contributed by atoms with Gasteiger partial charge in [-0.2, -0.15) is 0 Å². The molecule has 1 saturated carbocycles. The van der Waals surface area contributed by atoms with Gasteiger partial charge in [0, 0.05) is 29.3 Å². The molecule has 1 heterocycles. The second kappa shape index (κ2) is 9.22. The first-order chi connectivity index (χ1) is 13.1. The van der Waals surface area contributed by atoms with Crippen molar-refractivity contribution >= 4 is 27.7 Å². The summed E-state index contributed by atoms with van der Waals surface area (Å²) in [6, 6.07) is 9.45. The Labute approximate surface area is 168 Å². The number of aromatic nitrogens is 1. The molecule has 0 aliphatic heterocycles. The Morgan fingerprint density at radius 3 is 2.70 bits per heavy atom. The number of ether oxygens (including phenoxy) is 1. The second-order valence-corrected chi connectivity index (χ2v) is 7.85. The SMILES string of the molecule is CCN(Cc1cc(Br)ccc1OCC1CCCC1)c1ccc(C(=O)O)cn1. The third-order valence-electron chi connectivity index (χ3n) is 5.03. The fourth-order valence-electron chi connectivity index (χ4n) is 3.46. The number of carbonyl (C=O) groups is 1. The highest BCUT2D eigenvalue weighted by molar-refractivity contribution is 9.10. The second-order valence-electron chi connectivity index (χ2n) is 6.94. The molecule has 1 aliphatic rings. The average molecular weight is 433 g/mol. The van der Waals surface area contributed by atoms with Crippen LogP contribution in [0.4, 0.5) is 5.82 Å². The van der Waals surface area contributed by atoms with Crippen LogP contribution in [-0.2, 0) is 6.54 Å². The van der Waals surface area contributed by atoms with E-state index in [0.29, 0.717) is 12.5 Å². The number of hydrogen-bond acceptors (Lipinski definition) is 4. The van der Waals surface area contributed by atoms with E-state index in [1.165, 1.54) is 31.9 Å². The van der Waals surface area contributed by atoms with Crippen molar-refractivity contribution in [3.05, 3.63) is 52.1 Å². The molecule has 3 rings (SSSR count). The first-order valence-electron chi connectivity index (χ1n) is 9.42. The lowest BCUT2D eigenvalue weighted by Crippen LogP contribution is -2.24. The third kappa shape index (κ3) is 5.22. The number of nitrogens with zero attached hydrogens (tertiary/aromatic N) is 2. The minimum absolute atomic E-state index is 0.192. The molecule has 1 aromatic carbocycles. The van der Waals surface area contributed by atoms with Crippen molar-refractivity contribution < 1.29 is 14.6 Å². The Hall–Kier alpha value is -2.08. The van der Waals surface area contributed by atoms with E-state index >= 15 is 0 Å². The summed E-state index contributed by atoms with van der Waals surface area (Å²) in [7, 11) is 0. The van der Waals surface area contributed by atoms with Gasteiger partial charge in [-0.25, -0.2) is 9.78 Å². The lowest BCUT2D eigenvalue weighted by Gasteiger charge is -2.24. The topological polar surface area (TPSA) is 62.7 Å². The predicted octanol–water partition coefficient (Wildman–Crippen LogP) is 5.14. The lowest BCUT2D eigenvalue weighted by molar-refractivity contribution is 0.0696. The maximum atomic E-state index is 11.0. The largest absolute Gasteiger partial charge is 0.493 e. The van der Waals surface area contributed by atoms with E-state index in [-0.39, 0.29) is 5.56 Å². The van der Waals surface area contributed by atoms with Crippen LogP contribution in [0.3, 0.4) is 0 Å². The maximum absolute atomic E-state index is 11.0. The molecule has 1 aliphatic carbocycles. The Morgan fingerprint density at radius 2 is 2.07 bits per heavy atom. The average Bonchev–Trinajstić information content (AvgIpc) is 3.19. The number of rotatable bonds is 8. The van der Waals surface area contributed by atoms with Crippen LogP contribution in [0.5, 0.6) is 5.75 Å². The molecule has 1 fully saturated rings. The van der Waals surface area contributed by atoms with E-state index in [0.717, 1.165) is 34.8 Å². The van der Waals surface area contributed by atoms with Crippen LogP contribution in [0.1, 0.15) is 48.5 Å². The maximum Gasteiger partial charge on any atom is 0.337 e.